The minimum atomic E-state index is 0.397. The van der Waals surface area contributed by atoms with Gasteiger partial charge in [0.05, 0.1) is 10.6 Å². The first-order chi connectivity index (χ1) is 9.35. The van der Waals surface area contributed by atoms with Crippen molar-refractivity contribution in [2.45, 2.75) is 45.6 Å². The first kappa shape index (κ1) is 14.6. The van der Waals surface area contributed by atoms with Crippen LogP contribution in [0, 0.1) is 0 Å². The zero-order valence-corrected chi connectivity index (χ0v) is 13.2. The van der Waals surface area contributed by atoms with Gasteiger partial charge in [-0.25, -0.2) is 0 Å². The van der Waals surface area contributed by atoms with Crippen LogP contribution in [0.3, 0.4) is 0 Å². The molecule has 2 rings (SSSR count). The Hall–Kier alpha value is -0.780. The van der Waals surface area contributed by atoms with E-state index in [1.807, 2.05) is 11.3 Å². The molecule has 0 aromatic carbocycles. The van der Waals surface area contributed by atoms with E-state index in [1.54, 1.807) is 11.5 Å². The van der Waals surface area contributed by atoms with E-state index in [2.05, 4.69) is 46.3 Å². The van der Waals surface area contributed by atoms with Crippen LogP contribution in [-0.2, 0) is 12.8 Å². The van der Waals surface area contributed by atoms with Crippen molar-refractivity contribution in [2.75, 3.05) is 6.54 Å². The minimum Gasteiger partial charge on any atom is -0.309 e. The van der Waals surface area contributed by atoms with Crippen molar-refractivity contribution in [3.8, 4) is 0 Å². The number of nitrogens with zero attached hydrogens (tertiary/aromatic N) is 2. The summed E-state index contributed by atoms with van der Waals surface area (Å²) in [5, 5.41) is 10.0. The van der Waals surface area contributed by atoms with Crippen molar-refractivity contribution >= 4 is 22.9 Å². The second kappa shape index (κ2) is 7.72. The Morgan fingerprint density at radius 3 is 2.89 bits per heavy atom. The van der Waals surface area contributed by atoms with Crippen molar-refractivity contribution < 1.29 is 0 Å². The van der Waals surface area contributed by atoms with E-state index in [0.717, 1.165) is 32.2 Å². The van der Waals surface area contributed by atoms with E-state index in [0.29, 0.717) is 6.04 Å². The normalized spacial score (nSPS) is 12.7. The summed E-state index contributed by atoms with van der Waals surface area (Å²) in [5.41, 5.74) is 1.18. The summed E-state index contributed by atoms with van der Waals surface area (Å²) in [6.45, 7) is 5.34. The van der Waals surface area contributed by atoms with Gasteiger partial charge in [0, 0.05) is 10.9 Å². The van der Waals surface area contributed by atoms with Crippen LogP contribution in [0.15, 0.2) is 17.5 Å². The van der Waals surface area contributed by atoms with Crippen LogP contribution in [0.2, 0.25) is 0 Å². The van der Waals surface area contributed by atoms with Crippen molar-refractivity contribution in [1.29, 1.82) is 0 Å². The molecule has 0 aliphatic heterocycles. The molecule has 0 radical (unpaired) electrons. The topological polar surface area (TPSA) is 37.8 Å². The lowest BCUT2D eigenvalue weighted by molar-refractivity contribution is 0.519. The van der Waals surface area contributed by atoms with Gasteiger partial charge in [0.1, 0.15) is 0 Å². The maximum atomic E-state index is 4.29. The number of rotatable bonds is 8. The highest BCUT2D eigenvalue weighted by molar-refractivity contribution is 7.09. The first-order valence-electron chi connectivity index (χ1n) is 6.92. The van der Waals surface area contributed by atoms with Crippen molar-refractivity contribution in [3.63, 3.8) is 0 Å². The standard InChI is InChI=1S/C14H21N3S2/c1-3-6-13-14(19-17-16-13)12(15-4-2)9-8-11-7-5-10-18-11/h5,7,10,12,15H,3-4,6,8-9H2,1-2H3. The minimum absolute atomic E-state index is 0.397. The van der Waals surface area contributed by atoms with Crippen LogP contribution in [0.25, 0.3) is 0 Å². The lowest BCUT2D eigenvalue weighted by Gasteiger charge is -2.16. The molecule has 0 spiro atoms. The fourth-order valence-electron chi connectivity index (χ4n) is 2.20. The fourth-order valence-corrected chi connectivity index (χ4v) is 3.73. The van der Waals surface area contributed by atoms with Gasteiger partial charge in [0.2, 0.25) is 0 Å². The number of thiophene rings is 1. The maximum Gasteiger partial charge on any atom is 0.0803 e. The summed E-state index contributed by atoms with van der Waals surface area (Å²) in [6, 6.07) is 4.73. The van der Waals surface area contributed by atoms with Gasteiger partial charge in [0.15, 0.2) is 0 Å². The van der Waals surface area contributed by atoms with Crippen LogP contribution in [0.5, 0.6) is 0 Å². The van der Waals surface area contributed by atoms with Gasteiger partial charge < -0.3 is 5.32 Å². The predicted molar refractivity (Wildman–Crippen MR) is 83.0 cm³/mol. The molecule has 0 bridgehead atoms. The molecule has 0 amide bonds. The quantitative estimate of drug-likeness (QED) is 0.804. The number of aromatic nitrogens is 2. The highest BCUT2D eigenvalue weighted by Crippen LogP contribution is 2.26. The Bertz CT molecular complexity index is 465. The van der Waals surface area contributed by atoms with Gasteiger partial charge in [-0.2, -0.15) is 0 Å². The van der Waals surface area contributed by atoms with Crippen LogP contribution in [0.1, 0.15) is 48.2 Å². The third-order valence-electron chi connectivity index (χ3n) is 3.10. The zero-order valence-electron chi connectivity index (χ0n) is 11.6. The second-order valence-electron chi connectivity index (χ2n) is 4.56. The summed E-state index contributed by atoms with van der Waals surface area (Å²) in [5.74, 6) is 0. The molecule has 0 aliphatic rings. The Labute approximate surface area is 123 Å². The molecule has 19 heavy (non-hydrogen) atoms. The molecule has 0 fully saturated rings. The van der Waals surface area contributed by atoms with E-state index in [4.69, 9.17) is 0 Å². The molecule has 2 heterocycles. The van der Waals surface area contributed by atoms with Crippen molar-refractivity contribution in [1.82, 2.24) is 14.9 Å². The Kier molecular flexibility index (Phi) is 5.94. The van der Waals surface area contributed by atoms with Crippen LogP contribution in [0.4, 0.5) is 0 Å². The SMILES string of the molecule is CCCc1nnsc1C(CCc1cccs1)NCC. The molecule has 1 atom stereocenters. The van der Waals surface area contributed by atoms with E-state index in [1.165, 1.54) is 15.4 Å². The van der Waals surface area contributed by atoms with Gasteiger partial charge in [-0.05, 0) is 48.8 Å². The Balaban J connectivity index is 2.03. The number of hydrogen-bond acceptors (Lipinski definition) is 5. The monoisotopic (exact) mass is 295 g/mol. The zero-order chi connectivity index (χ0) is 13.5. The van der Waals surface area contributed by atoms with Crippen LogP contribution in [-0.4, -0.2) is 16.1 Å². The third kappa shape index (κ3) is 4.09. The Morgan fingerprint density at radius 2 is 2.21 bits per heavy atom. The molecule has 3 nitrogen and oxygen atoms in total. The lowest BCUT2D eigenvalue weighted by atomic mass is 10.1. The molecule has 1 N–H and O–H groups in total. The van der Waals surface area contributed by atoms with Gasteiger partial charge in [-0.15, -0.1) is 16.4 Å². The van der Waals surface area contributed by atoms with Gasteiger partial charge >= 0.3 is 0 Å². The summed E-state index contributed by atoms with van der Waals surface area (Å²) >= 11 is 3.39. The summed E-state index contributed by atoms with van der Waals surface area (Å²) in [6.07, 6.45) is 4.41. The number of aryl methyl sites for hydroxylation is 2. The molecule has 1 unspecified atom stereocenters. The number of hydrogen-bond donors (Lipinski definition) is 1. The van der Waals surface area contributed by atoms with E-state index >= 15 is 0 Å². The third-order valence-corrected chi connectivity index (χ3v) is 4.91. The molecule has 0 saturated heterocycles. The molecule has 2 aromatic heterocycles. The fraction of sp³-hybridized carbons (Fsp3) is 0.571. The predicted octanol–water partition coefficient (Wildman–Crippen LogP) is 3.84. The Morgan fingerprint density at radius 1 is 1.32 bits per heavy atom. The summed E-state index contributed by atoms with van der Waals surface area (Å²) < 4.78 is 4.14. The lowest BCUT2D eigenvalue weighted by Crippen LogP contribution is -2.21. The molecule has 5 heteroatoms. The van der Waals surface area contributed by atoms with Crippen LogP contribution >= 0.6 is 22.9 Å². The van der Waals surface area contributed by atoms with Crippen molar-refractivity contribution in [3.05, 3.63) is 33.0 Å². The average molecular weight is 295 g/mol. The van der Waals surface area contributed by atoms with Gasteiger partial charge in [-0.1, -0.05) is 30.8 Å². The van der Waals surface area contributed by atoms with E-state index < -0.39 is 0 Å². The molecule has 0 aliphatic carbocycles. The molecule has 104 valence electrons. The number of nitrogens with one attached hydrogen (secondary N) is 1. The summed E-state index contributed by atoms with van der Waals surface area (Å²) in [4.78, 5) is 2.79. The van der Waals surface area contributed by atoms with Crippen LogP contribution < -0.4 is 5.32 Å². The second-order valence-corrected chi connectivity index (χ2v) is 6.38. The van der Waals surface area contributed by atoms with Gasteiger partial charge in [0.25, 0.3) is 0 Å². The highest BCUT2D eigenvalue weighted by Gasteiger charge is 2.18. The smallest absolute Gasteiger partial charge is 0.0803 e. The van der Waals surface area contributed by atoms with Crippen molar-refractivity contribution in [2.24, 2.45) is 0 Å². The van der Waals surface area contributed by atoms with Gasteiger partial charge in [-0.3, -0.25) is 0 Å². The average Bonchev–Trinajstić information content (AvgIpc) is 3.06. The molecule has 2 aromatic rings. The molecular formula is C14H21N3S2. The largest absolute Gasteiger partial charge is 0.309 e. The van der Waals surface area contributed by atoms with E-state index in [9.17, 15) is 0 Å². The molecular weight excluding hydrogens is 274 g/mol. The highest BCUT2D eigenvalue weighted by atomic mass is 32.1. The van der Waals surface area contributed by atoms with E-state index in [-0.39, 0.29) is 0 Å². The maximum absolute atomic E-state index is 4.29. The first-order valence-corrected chi connectivity index (χ1v) is 8.57. The molecule has 0 saturated carbocycles. The summed E-state index contributed by atoms with van der Waals surface area (Å²) in [7, 11) is 0.